The minimum atomic E-state index is -0.990. The molecule has 2 heterocycles. The molecule has 1 spiro atoms. The van der Waals surface area contributed by atoms with Gasteiger partial charge in [0.15, 0.2) is 11.4 Å². The molecule has 2 atom stereocenters. The summed E-state index contributed by atoms with van der Waals surface area (Å²) >= 11 is 5.75. The summed E-state index contributed by atoms with van der Waals surface area (Å²) < 4.78 is 15.6. The van der Waals surface area contributed by atoms with Crippen LogP contribution >= 0.6 is 11.6 Å². The second-order valence-electron chi connectivity index (χ2n) is 8.55. The predicted octanol–water partition coefficient (Wildman–Crippen LogP) is 1.85. The van der Waals surface area contributed by atoms with Crippen molar-refractivity contribution in [2.45, 2.75) is 38.4 Å². The van der Waals surface area contributed by atoms with E-state index in [0.29, 0.717) is 13.0 Å². The van der Waals surface area contributed by atoms with E-state index in [1.807, 2.05) is 13.8 Å². The van der Waals surface area contributed by atoms with Crippen LogP contribution in [0.5, 0.6) is 5.75 Å². The third-order valence-corrected chi connectivity index (χ3v) is 6.62. The summed E-state index contributed by atoms with van der Waals surface area (Å²) in [6.07, 6.45) is 1.79. The molecule has 3 N–H and O–H groups in total. The van der Waals surface area contributed by atoms with Gasteiger partial charge in [-0.1, -0.05) is 23.7 Å². The normalized spacial score (nSPS) is 21.8. The van der Waals surface area contributed by atoms with Gasteiger partial charge in [-0.25, -0.2) is 4.39 Å². The molecule has 10 heteroatoms. The van der Waals surface area contributed by atoms with Gasteiger partial charge in [0.2, 0.25) is 5.43 Å². The molecule has 2 aliphatic rings. The van der Waals surface area contributed by atoms with Gasteiger partial charge in [0.25, 0.3) is 11.8 Å². The SMILES string of the molecule is CC(C)N1C[C@@]2(C[C@H]2CO)n2cc(C(=O)NCc3cccc(Cl)c3F)c(=O)c(O)c2C1=O. The molecule has 1 fully saturated rings. The van der Waals surface area contributed by atoms with E-state index in [-0.39, 0.29) is 47.0 Å². The van der Waals surface area contributed by atoms with Crippen LogP contribution in [0.15, 0.2) is 29.2 Å². The highest BCUT2D eigenvalue weighted by Crippen LogP contribution is 2.54. The number of rotatable bonds is 5. The lowest BCUT2D eigenvalue weighted by Gasteiger charge is -2.39. The highest BCUT2D eigenvalue weighted by atomic mass is 35.5. The molecule has 1 aliphatic heterocycles. The third-order valence-electron chi connectivity index (χ3n) is 6.33. The van der Waals surface area contributed by atoms with E-state index in [9.17, 15) is 29.0 Å². The van der Waals surface area contributed by atoms with Crippen LogP contribution in [0, 0.1) is 11.7 Å². The fourth-order valence-corrected chi connectivity index (χ4v) is 4.56. The van der Waals surface area contributed by atoms with E-state index in [1.54, 1.807) is 4.90 Å². The van der Waals surface area contributed by atoms with Gasteiger partial charge >= 0.3 is 0 Å². The molecule has 1 saturated carbocycles. The summed E-state index contributed by atoms with van der Waals surface area (Å²) in [6.45, 7) is 3.57. The maximum absolute atomic E-state index is 14.1. The maximum Gasteiger partial charge on any atom is 0.274 e. The van der Waals surface area contributed by atoms with Crippen molar-refractivity contribution in [3.05, 3.63) is 62.3 Å². The number of aromatic hydroxyl groups is 1. The smallest absolute Gasteiger partial charge is 0.274 e. The Morgan fingerprint density at radius 2 is 2.09 bits per heavy atom. The van der Waals surface area contributed by atoms with Crippen LogP contribution in [0.25, 0.3) is 0 Å². The number of carbonyl (C=O) groups is 2. The number of aliphatic hydroxyl groups is 1. The number of benzene rings is 1. The molecule has 0 saturated heterocycles. The van der Waals surface area contributed by atoms with Gasteiger partial charge in [-0.3, -0.25) is 14.4 Å². The summed E-state index contributed by atoms with van der Waals surface area (Å²) in [5, 5.41) is 22.7. The van der Waals surface area contributed by atoms with Gasteiger partial charge < -0.3 is 25.0 Å². The first-order chi connectivity index (χ1) is 15.1. The van der Waals surface area contributed by atoms with Gasteiger partial charge in [0.05, 0.1) is 10.6 Å². The first-order valence-corrected chi connectivity index (χ1v) is 10.6. The maximum atomic E-state index is 14.1. The van der Waals surface area contributed by atoms with Gasteiger partial charge in [-0.05, 0) is 26.3 Å². The summed E-state index contributed by atoms with van der Waals surface area (Å²) in [5.41, 5.74) is -2.13. The third kappa shape index (κ3) is 3.36. The van der Waals surface area contributed by atoms with Gasteiger partial charge in [0.1, 0.15) is 11.4 Å². The zero-order valence-corrected chi connectivity index (χ0v) is 18.3. The Morgan fingerprint density at radius 3 is 2.72 bits per heavy atom. The zero-order valence-electron chi connectivity index (χ0n) is 17.6. The van der Waals surface area contributed by atoms with E-state index in [4.69, 9.17) is 11.6 Å². The van der Waals surface area contributed by atoms with E-state index in [0.717, 1.165) is 0 Å². The average Bonchev–Trinajstić information content (AvgIpc) is 3.47. The highest BCUT2D eigenvalue weighted by Gasteiger charge is 2.60. The number of aliphatic hydroxyl groups excluding tert-OH is 1. The van der Waals surface area contributed by atoms with Crippen LogP contribution in [-0.2, 0) is 12.1 Å². The molecule has 0 bridgehead atoms. The molecule has 2 amide bonds. The van der Waals surface area contributed by atoms with Crippen molar-refractivity contribution < 1.29 is 24.2 Å². The van der Waals surface area contributed by atoms with E-state index in [2.05, 4.69) is 5.32 Å². The Kier molecular flexibility index (Phi) is 5.50. The minimum absolute atomic E-state index is 0.0952. The molecule has 0 radical (unpaired) electrons. The fourth-order valence-electron chi connectivity index (χ4n) is 4.36. The molecule has 1 aromatic heterocycles. The quantitative estimate of drug-likeness (QED) is 0.626. The monoisotopic (exact) mass is 463 g/mol. The van der Waals surface area contributed by atoms with Crippen molar-refractivity contribution in [1.29, 1.82) is 0 Å². The number of pyridine rings is 1. The Labute approximate surface area is 188 Å². The first kappa shape index (κ1) is 22.3. The van der Waals surface area contributed by atoms with Crippen molar-refractivity contribution in [2.24, 2.45) is 5.92 Å². The number of halogens is 2. The molecular weight excluding hydrogens is 441 g/mol. The Balaban J connectivity index is 1.73. The summed E-state index contributed by atoms with van der Waals surface area (Å²) in [5.74, 6) is -3.02. The number of hydrogen-bond donors (Lipinski definition) is 3. The number of carbonyl (C=O) groups excluding carboxylic acids is 2. The highest BCUT2D eigenvalue weighted by molar-refractivity contribution is 6.30. The lowest BCUT2D eigenvalue weighted by Crippen LogP contribution is -2.52. The van der Waals surface area contributed by atoms with Crippen LogP contribution < -0.4 is 10.7 Å². The van der Waals surface area contributed by atoms with Crippen molar-refractivity contribution in [3.63, 3.8) is 0 Å². The van der Waals surface area contributed by atoms with Crippen molar-refractivity contribution in [3.8, 4) is 5.75 Å². The number of nitrogens with zero attached hydrogens (tertiary/aromatic N) is 2. The van der Waals surface area contributed by atoms with Crippen LogP contribution in [-0.4, -0.2) is 50.7 Å². The van der Waals surface area contributed by atoms with Gasteiger partial charge in [-0.2, -0.15) is 0 Å². The number of nitrogens with one attached hydrogen (secondary N) is 1. The number of amides is 2. The van der Waals surface area contributed by atoms with Crippen molar-refractivity contribution in [2.75, 3.05) is 13.2 Å². The molecule has 1 aromatic carbocycles. The summed E-state index contributed by atoms with van der Waals surface area (Å²) in [6, 6.07) is 4.17. The zero-order chi connectivity index (χ0) is 23.4. The van der Waals surface area contributed by atoms with Crippen LogP contribution in [0.3, 0.4) is 0 Å². The second kappa shape index (κ2) is 7.90. The van der Waals surface area contributed by atoms with E-state index in [1.165, 1.54) is 29.0 Å². The van der Waals surface area contributed by atoms with Gasteiger partial charge in [0, 0.05) is 43.4 Å². The average molecular weight is 464 g/mol. The second-order valence-corrected chi connectivity index (χ2v) is 8.96. The van der Waals surface area contributed by atoms with Crippen LogP contribution in [0.2, 0.25) is 5.02 Å². The van der Waals surface area contributed by atoms with Crippen molar-refractivity contribution in [1.82, 2.24) is 14.8 Å². The minimum Gasteiger partial charge on any atom is -0.503 e. The standard InChI is InChI=1S/C22H23ClFN3O5/c1-11(2)26-10-22(6-13(22)9-28)27-8-14(18(29)19(30)17(27)21(26)32)20(31)25-7-12-4-3-5-15(23)16(12)24/h3-5,8,11,13,28,30H,6-7,9-10H2,1-2H3,(H,25,31)/t13-,22+/m0/s1. The van der Waals surface area contributed by atoms with E-state index >= 15 is 0 Å². The first-order valence-electron chi connectivity index (χ1n) is 10.2. The Bertz CT molecular complexity index is 1180. The van der Waals surface area contributed by atoms with E-state index < -0.39 is 34.3 Å². The van der Waals surface area contributed by atoms with Crippen molar-refractivity contribution >= 4 is 23.4 Å². The lowest BCUT2D eigenvalue weighted by molar-refractivity contribution is 0.0551. The number of fused-ring (bicyclic) bond motifs is 2. The predicted molar refractivity (Wildman–Crippen MR) is 114 cm³/mol. The molecule has 8 nitrogen and oxygen atoms in total. The molecule has 32 heavy (non-hydrogen) atoms. The topological polar surface area (TPSA) is 112 Å². The molecule has 4 rings (SSSR count). The van der Waals surface area contributed by atoms with Crippen LogP contribution in [0.1, 0.15) is 46.7 Å². The fraction of sp³-hybridized carbons (Fsp3) is 0.409. The Morgan fingerprint density at radius 1 is 1.38 bits per heavy atom. The molecule has 1 aliphatic carbocycles. The lowest BCUT2D eigenvalue weighted by atomic mass is 10.0. The van der Waals surface area contributed by atoms with Crippen LogP contribution in [0.4, 0.5) is 4.39 Å². The Hall–Kier alpha value is -2.91. The molecule has 2 aromatic rings. The van der Waals surface area contributed by atoms with Gasteiger partial charge in [-0.15, -0.1) is 0 Å². The molecular formula is C22H23ClFN3O5. The number of hydrogen-bond acceptors (Lipinski definition) is 5. The summed E-state index contributed by atoms with van der Waals surface area (Å²) in [4.78, 5) is 40.1. The molecule has 170 valence electrons. The molecule has 0 unspecified atom stereocenters. The number of aromatic nitrogens is 1. The summed E-state index contributed by atoms with van der Waals surface area (Å²) in [7, 11) is 0. The largest absolute Gasteiger partial charge is 0.503 e.